The lowest BCUT2D eigenvalue weighted by atomic mass is 9.89. The van der Waals surface area contributed by atoms with Gasteiger partial charge < -0.3 is 15.4 Å². The molecule has 12 heteroatoms. The lowest BCUT2D eigenvalue weighted by Gasteiger charge is -2.26. The van der Waals surface area contributed by atoms with E-state index in [1.54, 1.807) is 6.07 Å². The molecule has 0 aliphatic carbocycles. The van der Waals surface area contributed by atoms with Crippen LogP contribution in [-0.4, -0.2) is 47.8 Å². The minimum absolute atomic E-state index is 0.0949. The Morgan fingerprint density at radius 2 is 1.91 bits per heavy atom. The number of benzene rings is 1. The molecule has 0 saturated heterocycles. The smallest absolute Gasteiger partial charge is 0.471 e. The summed E-state index contributed by atoms with van der Waals surface area (Å²) in [5, 5.41) is 0.252. The highest BCUT2D eigenvalue weighted by atomic mass is 35.5. The standard InChI is InChI=1S/C20H18ClF6N3O2/c21-16-4-3-14-11(7-12-1-2-13(8-29-12)32-10-19(22,23)24)9-30(18(31)20(25,26)27)6-5-15(14)17(16)28/h1-4,8,11H,5-7,9-10,28H2. The van der Waals surface area contributed by atoms with E-state index in [0.29, 0.717) is 16.8 Å². The van der Waals surface area contributed by atoms with Gasteiger partial charge in [-0.15, -0.1) is 0 Å². The molecule has 1 atom stereocenters. The molecule has 0 spiro atoms. The highest BCUT2D eigenvalue weighted by Gasteiger charge is 2.43. The molecule has 2 heterocycles. The molecule has 32 heavy (non-hydrogen) atoms. The molecule has 1 aliphatic heterocycles. The molecular formula is C20H18ClF6N3O2. The molecule has 174 valence electrons. The number of pyridine rings is 1. The molecule has 1 aliphatic rings. The average molecular weight is 482 g/mol. The second-order valence-corrected chi connectivity index (χ2v) is 7.73. The van der Waals surface area contributed by atoms with Crippen LogP contribution in [0.5, 0.6) is 5.75 Å². The van der Waals surface area contributed by atoms with E-state index in [2.05, 4.69) is 9.72 Å². The maximum absolute atomic E-state index is 13.1. The van der Waals surface area contributed by atoms with E-state index < -0.39 is 30.8 Å². The number of nitrogens with two attached hydrogens (primary N) is 1. The van der Waals surface area contributed by atoms with Crippen molar-refractivity contribution >= 4 is 23.2 Å². The van der Waals surface area contributed by atoms with Gasteiger partial charge >= 0.3 is 18.3 Å². The van der Waals surface area contributed by atoms with Crippen LogP contribution in [0, 0.1) is 0 Å². The van der Waals surface area contributed by atoms with Crippen molar-refractivity contribution in [3.8, 4) is 5.75 Å². The van der Waals surface area contributed by atoms with Crippen molar-refractivity contribution in [1.82, 2.24) is 9.88 Å². The Balaban J connectivity index is 1.86. The second-order valence-electron chi connectivity index (χ2n) is 7.32. The maximum Gasteiger partial charge on any atom is 0.471 e. The van der Waals surface area contributed by atoms with Crippen LogP contribution < -0.4 is 10.5 Å². The topological polar surface area (TPSA) is 68.5 Å². The Morgan fingerprint density at radius 3 is 2.50 bits per heavy atom. The summed E-state index contributed by atoms with van der Waals surface area (Å²) in [5.41, 5.74) is 7.88. The van der Waals surface area contributed by atoms with Gasteiger partial charge in [0.2, 0.25) is 0 Å². The molecule has 1 unspecified atom stereocenters. The number of carbonyl (C=O) groups excluding carboxylic acids is 1. The highest BCUT2D eigenvalue weighted by Crippen LogP contribution is 2.36. The third kappa shape index (κ3) is 5.76. The monoisotopic (exact) mass is 481 g/mol. The first-order valence-corrected chi connectivity index (χ1v) is 9.80. The first-order valence-electron chi connectivity index (χ1n) is 9.42. The fraction of sp³-hybridized carbons (Fsp3) is 0.400. The van der Waals surface area contributed by atoms with E-state index in [1.807, 2.05) is 0 Å². The normalized spacial score (nSPS) is 17.0. The summed E-state index contributed by atoms with van der Waals surface area (Å²) < 4.78 is 80.6. The zero-order valence-corrected chi connectivity index (χ0v) is 17.2. The molecule has 1 aromatic carbocycles. The van der Waals surface area contributed by atoms with Crippen molar-refractivity contribution < 1.29 is 35.9 Å². The zero-order chi connectivity index (χ0) is 23.7. The SMILES string of the molecule is Nc1c(Cl)ccc2c1CCN(C(=O)C(F)(F)F)CC2Cc1ccc(OCC(F)(F)F)cn1. The second kappa shape index (κ2) is 9.05. The molecule has 2 N–H and O–H groups in total. The highest BCUT2D eigenvalue weighted by molar-refractivity contribution is 6.33. The fourth-order valence-electron chi connectivity index (χ4n) is 3.59. The fourth-order valence-corrected chi connectivity index (χ4v) is 3.77. The quantitative estimate of drug-likeness (QED) is 0.514. The number of nitrogen functional groups attached to an aromatic ring is 1. The predicted molar refractivity (Wildman–Crippen MR) is 104 cm³/mol. The number of rotatable bonds is 4. The van der Waals surface area contributed by atoms with Crippen LogP contribution in [0.1, 0.15) is 22.7 Å². The summed E-state index contributed by atoms with van der Waals surface area (Å²) >= 11 is 6.07. The number of nitrogens with zero attached hydrogens (tertiary/aromatic N) is 2. The van der Waals surface area contributed by atoms with Crippen LogP contribution >= 0.6 is 11.6 Å². The minimum Gasteiger partial charge on any atom is -0.483 e. The first kappa shape index (κ1) is 24.0. The largest absolute Gasteiger partial charge is 0.483 e. The molecule has 3 rings (SSSR count). The van der Waals surface area contributed by atoms with Gasteiger partial charge in [-0.05, 0) is 42.2 Å². The number of amides is 1. The molecular weight excluding hydrogens is 464 g/mol. The van der Waals surface area contributed by atoms with E-state index in [0.717, 1.165) is 11.1 Å². The third-order valence-electron chi connectivity index (χ3n) is 5.04. The Kier molecular flexibility index (Phi) is 6.77. The molecule has 0 saturated carbocycles. The third-order valence-corrected chi connectivity index (χ3v) is 5.37. The Labute approximate surface area is 184 Å². The summed E-state index contributed by atoms with van der Waals surface area (Å²) in [6.07, 6.45) is -8.21. The van der Waals surface area contributed by atoms with E-state index >= 15 is 0 Å². The van der Waals surface area contributed by atoms with Gasteiger partial charge in [-0.1, -0.05) is 17.7 Å². The van der Waals surface area contributed by atoms with Crippen molar-refractivity contribution in [2.24, 2.45) is 0 Å². The van der Waals surface area contributed by atoms with E-state index in [4.69, 9.17) is 17.3 Å². The van der Waals surface area contributed by atoms with Crippen molar-refractivity contribution in [3.05, 3.63) is 52.3 Å². The first-order chi connectivity index (χ1) is 14.8. The summed E-state index contributed by atoms with van der Waals surface area (Å²) in [6, 6.07) is 5.90. The number of anilines is 1. The number of hydrogen-bond donors (Lipinski definition) is 1. The van der Waals surface area contributed by atoms with Crippen LogP contribution in [0.2, 0.25) is 5.02 Å². The molecule has 0 fully saturated rings. The summed E-state index contributed by atoms with van der Waals surface area (Å²) in [7, 11) is 0. The molecule has 0 radical (unpaired) electrons. The van der Waals surface area contributed by atoms with Crippen molar-refractivity contribution in [2.75, 3.05) is 25.4 Å². The summed E-state index contributed by atoms with van der Waals surface area (Å²) in [5.74, 6) is -2.64. The molecule has 1 aromatic heterocycles. The molecule has 2 aromatic rings. The number of halogens is 7. The number of fused-ring (bicyclic) bond motifs is 1. The maximum atomic E-state index is 13.1. The van der Waals surface area contributed by atoms with Gasteiger partial charge in [-0.25, -0.2) is 0 Å². The van der Waals surface area contributed by atoms with Crippen molar-refractivity contribution in [2.45, 2.75) is 31.1 Å². The van der Waals surface area contributed by atoms with Gasteiger partial charge in [-0.2, -0.15) is 26.3 Å². The lowest BCUT2D eigenvalue weighted by molar-refractivity contribution is -0.185. The zero-order valence-electron chi connectivity index (χ0n) is 16.4. The van der Waals surface area contributed by atoms with Crippen molar-refractivity contribution in [3.63, 3.8) is 0 Å². The van der Waals surface area contributed by atoms with Crippen LogP contribution in [0.15, 0.2) is 30.5 Å². The van der Waals surface area contributed by atoms with Gasteiger partial charge in [0.15, 0.2) is 6.61 Å². The molecule has 1 amide bonds. The Hall–Kier alpha value is -2.69. The number of hydrogen-bond acceptors (Lipinski definition) is 4. The molecule has 5 nitrogen and oxygen atoms in total. The lowest BCUT2D eigenvalue weighted by Crippen LogP contribution is -2.43. The van der Waals surface area contributed by atoms with Crippen molar-refractivity contribution in [1.29, 1.82) is 0 Å². The number of ether oxygens (including phenoxy) is 1. The summed E-state index contributed by atoms with van der Waals surface area (Å²) in [6.45, 7) is -1.90. The van der Waals surface area contributed by atoms with Gasteiger partial charge in [0.25, 0.3) is 0 Å². The van der Waals surface area contributed by atoms with Crippen LogP contribution in [0.4, 0.5) is 32.0 Å². The predicted octanol–water partition coefficient (Wildman–Crippen LogP) is 4.53. The van der Waals surface area contributed by atoms with Gasteiger partial charge in [-0.3, -0.25) is 9.78 Å². The van der Waals surface area contributed by atoms with E-state index in [-0.39, 0.29) is 42.4 Å². The van der Waals surface area contributed by atoms with Crippen LogP contribution in [0.25, 0.3) is 0 Å². The Bertz CT molecular complexity index is 979. The van der Waals surface area contributed by atoms with E-state index in [1.165, 1.54) is 18.2 Å². The molecule has 0 bridgehead atoms. The number of carbonyl (C=O) groups is 1. The number of alkyl halides is 6. The van der Waals surface area contributed by atoms with Gasteiger partial charge in [0.05, 0.1) is 16.9 Å². The minimum atomic E-state index is -5.03. The van der Waals surface area contributed by atoms with E-state index in [9.17, 15) is 31.1 Å². The summed E-state index contributed by atoms with van der Waals surface area (Å²) in [4.78, 5) is 16.7. The average Bonchev–Trinajstić information content (AvgIpc) is 2.88. The van der Waals surface area contributed by atoms with Crippen LogP contribution in [0.3, 0.4) is 0 Å². The Morgan fingerprint density at radius 1 is 1.19 bits per heavy atom. The van der Waals surface area contributed by atoms with Crippen LogP contribution in [-0.2, 0) is 17.6 Å². The van der Waals surface area contributed by atoms with Gasteiger partial charge in [0, 0.05) is 24.7 Å². The van der Waals surface area contributed by atoms with Gasteiger partial charge in [0.1, 0.15) is 5.75 Å². The number of aromatic nitrogens is 1.